The van der Waals surface area contributed by atoms with E-state index in [1.165, 1.54) is 5.57 Å². The van der Waals surface area contributed by atoms with E-state index >= 15 is 0 Å². The highest BCUT2D eigenvalue weighted by atomic mass is 19.1. The van der Waals surface area contributed by atoms with E-state index in [-0.39, 0.29) is 12.6 Å². The van der Waals surface area contributed by atoms with E-state index in [9.17, 15) is 9.50 Å². The van der Waals surface area contributed by atoms with Crippen LogP contribution in [0.1, 0.15) is 30.0 Å². The van der Waals surface area contributed by atoms with Gasteiger partial charge in [0.2, 0.25) is 0 Å². The van der Waals surface area contributed by atoms with Gasteiger partial charge in [-0.05, 0) is 64.6 Å². The number of rotatable bonds is 4. The van der Waals surface area contributed by atoms with Gasteiger partial charge >= 0.3 is 0 Å². The predicted octanol–water partition coefficient (Wildman–Crippen LogP) is 5.49. The molecule has 0 fully saturated rings. The van der Waals surface area contributed by atoms with Crippen LogP contribution < -0.4 is 10.1 Å². The first kappa shape index (κ1) is 18.2. The van der Waals surface area contributed by atoms with Crippen LogP contribution in [0.15, 0.2) is 48.5 Å². The first-order valence-electron chi connectivity index (χ1n) is 10.2. The second-order valence-electron chi connectivity index (χ2n) is 7.80. The lowest BCUT2D eigenvalue weighted by Gasteiger charge is -2.32. The molecule has 2 N–H and O–H groups in total. The number of hydrogen-bond donors (Lipinski definition) is 2. The van der Waals surface area contributed by atoms with Crippen LogP contribution in [0.4, 0.5) is 10.1 Å². The molecule has 0 spiro atoms. The van der Waals surface area contributed by atoms with Crippen molar-refractivity contribution in [1.29, 1.82) is 0 Å². The molecule has 2 aliphatic rings. The topological polar surface area (TPSA) is 41.5 Å². The zero-order chi connectivity index (χ0) is 20.0. The minimum atomic E-state index is -0.550. The second-order valence-corrected chi connectivity index (χ2v) is 7.80. The molecule has 0 aliphatic carbocycles. The average Bonchev–Trinajstić information content (AvgIpc) is 2.74. The molecule has 148 valence electrons. The molecule has 5 rings (SSSR count). The number of fused-ring (bicyclic) bond motifs is 1. The van der Waals surface area contributed by atoms with Gasteiger partial charge in [0, 0.05) is 30.2 Å². The van der Waals surface area contributed by atoms with E-state index < -0.39 is 6.67 Å². The summed E-state index contributed by atoms with van der Waals surface area (Å²) in [6.45, 7) is 2.27. The number of benzene rings is 3. The highest BCUT2D eigenvalue weighted by Gasteiger charge is 2.28. The first-order valence-corrected chi connectivity index (χ1v) is 10.2. The fourth-order valence-electron chi connectivity index (χ4n) is 4.79. The summed E-state index contributed by atoms with van der Waals surface area (Å²) in [5.41, 5.74) is 7.06. The largest absolute Gasteiger partial charge is 0.493 e. The van der Waals surface area contributed by atoms with Crippen LogP contribution in [0.5, 0.6) is 5.75 Å². The zero-order valence-corrected chi connectivity index (χ0v) is 16.5. The van der Waals surface area contributed by atoms with Crippen molar-refractivity contribution in [3.8, 4) is 16.9 Å². The van der Waals surface area contributed by atoms with Gasteiger partial charge in [0.1, 0.15) is 12.4 Å². The lowest BCUT2D eigenvalue weighted by molar-refractivity contribution is 0.299. The smallest absolute Gasteiger partial charge is 0.128 e. The maximum Gasteiger partial charge on any atom is 0.128 e. The Kier molecular flexibility index (Phi) is 4.51. The van der Waals surface area contributed by atoms with Gasteiger partial charge in [-0.25, -0.2) is 4.39 Å². The Balaban J connectivity index is 1.87. The maximum atomic E-state index is 14.0. The highest BCUT2D eigenvalue weighted by Crippen LogP contribution is 2.48. The Morgan fingerprint density at radius 1 is 1.17 bits per heavy atom. The lowest BCUT2D eigenvalue weighted by Crippen LogP contribution is -2.22. The van der Waals surface area contributed by atoms with Crippen LogP contribution >= 0.6 is 0 Å². The molecule has 0 saturated heterocycles. The molecule has 0 amide bonds. The van der Waals surface area contributed by atoms with Crippen LogP contribution in [0.25, 0.3) is 27.5 Å². The van der Waals surface area contributed by atoms with Crippen molar-refractivity contribution in [2.75, 3.05) is 18.5 Å². The summed E-state index contributed by atoms with van der Waals surface area (Å²) in [7, 11) is 0. The van der Waals surface area contributed by atoms with Crippen LogP contribution in [0.3, 0.4) is 0 Å². The fourth-order valence-corrected chi connectivity index (χ4v) is 4.79. The zero-order valence-electron chi connectivity index (χ0n) is 16.5. The summed E-state index contributed by atoms with van der Waals surface area (Å²) in [5.74, 6) is 0.898. The molecule has 0 aromatic heterocycles. The summed E-state index contributed by atoms with van der Waals surface area (Å²) < 4.78 is 19.9. The van der Waals surface area contributed by atoms with E-state index in [0.717, 1.165) is 50.9 Å². The number of aliphatic hydroxyl groups excluding tert-OH is 1. The Morgan fingerprint density at radius 2 is 2.03 bits per heavy atom. The minimum Gasteiger partial charge on any atom is -0.493 e. The van der Waals surface area contributed by atoms with Gasteiger partial charge in [-0.3, -0.25) is 0 Å². The Bertz CT molecular complexity index is 1140. The van der Waals surface area contributed by atoms with Gasteiger partial charge < -0.3 is 15.2 Å². The van der Waals surface area contributed by atoms with E-state index in [4.69, 9.17) is 4.74 Å². The molecule has 2 aliphatic heterocycles. The summed E-state index contributed by atoms with van der Waals surface area (Å²) in [6, 6.07) is 14.3. The number of aliphatic hydroxyl groups is 1. The second kappa shape index (κ2) is 7.20. The Hall–Kier alpha value is -2.85. The van der Waals surface area contributed by atoms with Crippen molar-refractivity contribution in [3.05, 3.63) is 65.2 Å². The van der Waals surface area contributed by atoms with E-state index in [2.05, 4.69) is 30.4 Å². The number of alkyl halides is 1. The van der Waals surface area contributed by atoms with Crippen molar-refractivity contribution in [2.24, 2.45) is 0 Å². The predicted molar refractivity (Wildman–Crippen MR) is 116 cm³/mol. The number of anilines is 1. The molecule has 1 atom stereocenters. The first-order chi connectivity index (χ1) is 14.2. The van der Waals surface area contributed by atoms with Crippen molar-refractivity contribution < 1.29 is 14.2 Å². The van der Waals surface area contributed by atoms with Crippen molar-refractivity contribution in [3.63, 3.8) is 0 Å². The third kappa shape index (κ3) is 2.90. The molecule has 3 aromatic rings. The van der Waals surface area contributed by atoms with Gasteiger partial charge in [-0.15, -0.1) is 0 Å². The van der Waals surface area contributed by atoms with Crippen LogP contribution in [0.2, 0.25) is 0 Å². The molecule has 3 nitrogen and oxygen atoms in total. The Labute approximate surface area is 169 Å². The minimum absolute atomic E-state index is 0.0172. The van der Waals surface area contributed by atoms with E-state index in [0.29, 0.717) is 18.6 Å². The van der Waals surface area contributed by atoms with Crippen LogP contribution in [-0.4, -0.2) is 24.4 Å². The third-order valence-corrected chi connectivity index (χ3v) is 5.96. The molecule has 0 radical (unpaired) electrons. The van der Waals surface area contributed by atoms with Gasteiger partial charge in [0.25, 0.3) is 0 Å². The number of halogens is 1. The molecular formula is C25H24FNO2. The van der Waals surface area contributed by atoms with Crippen LogP contribution in [0, 0.1) is 0 Å². The molecular weight excluding hydrogens is 365 g/mol. The van der Waals surface area contributed by atoms with Crippen LogP contribution in [-0.2, 0) is 13.1 Å². The molecule has 3 aromatic carbocycles. The third-order valence-electron chi connectivity index (χ3n) is 5.96. The molecule has 1 unspecified atom stereocenters. The van der Waals surface area contributed by atoms with Gasteiger partial charge in [0.15, 0.2) is 0 Å². The van der Waals surface area contributed by atoms with Crippen molar-refractivity contribution in [1.82, 2.24) is 0 Å². The summed E-state index contributed by atoms with van der Waals surface area (Å²) in [6.07, 6.45) is 3.58. The van der Waals surface area contributed by atoms with Gasteiger partial charge in [-0.1, -0.05) is 30.3 Å². The van der Waals surface area contributed by atoms with Gasteiger partial charge in [0.05, 0.1) is 12.3 Å². The molecule has 4 heteroatoms. The highest BCUT2D eigenvalue weighted by molar-refractivity contribution is 6.05. The van der Waals surface area contributed by atoms with Gasteiger partial charge in [-0.2, -0.15) is 0 Å². The Morgan fingerprint density at radius 3 is 2.86 bits per heavy atom. The SMILES string of the molecule is CC1C=C2CCOc3ccc(-c4c(CCO)c(CF)cc5ccccc45)c(c32)N1. The summed E-state index contributed by atoms with van der Waals surface area (Å²) in [4.78, 5) is 0. The standard InChI is InChI=1S/C25H24FNO2/c1-15-12-17-9-11-29-22-7-6-21(25(27-15)23(17)22)24-19-5-3-2-4-16(19)13-18(14-26)20(24)8-10-28/h2-7,12-13,15,27-28H,8-11,14H2,1H3. The number of ether oxygens (including phenoxy) is 1. The lowest BCUT2D eigenvalue weighted by atomic mass is 9.84. The maximum absolute atomic E-state index is 14.0. The normalized spacial score (nSPS) is 17.3. The molecule has 2 heterocycles. The monoisotopic (exact) mass is 389 g/mol. The quantitative estimate of drug-likeness (QED) is 0.620. The molecule has 0 bridgehead atoms. The van der Waals surface area contributed by atoms with Crippen molar-refractivity contribution >= 4 is 22.0 Å². The number of nitrogens with one attached hydrogen (secondary N) is 1. The summed E-state index contributed by atoms with van der Waals surface area (Å²) >= 11 is 0. The number of hydrogen-bond acceptors (Lipinski definition) is 3. The fraction of sp³-hybridized carbons (Fsp3) is 0.280. The van der Waals surface area contributed by atoms with Crippen molar-refractivity contribution in [2.45, 2.75) is 32.5 Å². The molecule has 0 saturated carbocycles. The van der Waals surface area contributed by atoms with E-state index in [1.807, 2.05) is 30.3 Å². The molecule has 29 heavy (non-hydrogen) atoms. The van der Waals surface area contributed by atoms with E-state index in [1.54, 1.807) is 0 Å². The summed E-state index contributed by atoms with van der Waals surface area (Å²) in [5, 5.41) is 15.4. The average molecular weight is 389 g/mol.